The van der Waals surface area contributed by atoms with Crippen LogP contribution >= 0.6 is 11.3 Å². The molecule has 6 heteroatoms. The number of benzene rings is 2. The molecule has 0 saturated heterocycles. The Labute approximate surface area is 144 Å². The molecule has 0 spiro atoms. The molecular weight excluding hydrogens is 322 g/mol. The fraction of sp³-hybridized carbons (Fsp3) is 0.167. The molecule has 1 aromatic heterocycles. The number of hydrogen-bond acceptors (Lipinski definition) is 5. The highest BCUT2D eigenvalue weighted by Crippen LogP contribution is 2.28. The zero-order valence-corrected chi connectivity index (χ0v) is 14.3. The Bertz CT molecular complexity index is 838. The molecule has 122 valence electrons. The number of carbonyl (C=O) groups excluding carboxylic acids is 1. The first-order chi connectivity index (χ1) is 11.7. The summed E-state index contributed by atoms with van der Waals surface area (Å²) < 4.78 is 6.43. The number of thiazole rings is 1. The van der Waals surface area contributed by atoms with Gasteiger partial charge in [0.2, 0.25) is 11.0 Å². The molecule has 0 fully saturated rings. The largest absolute Gasteiger partial charge is 0.494 e. The lowest BCUT2D eigenvalue weighted by molar-refractivity contribution is -0.116. The van der Waals surface area contributed by atoms with E-state index in [1.165, 1.54) is 23.3 Å². The maximum atomic E-state index is 11.9. The summed E-state index contributed by atoms with van der Waals surface area (Å²) in [6.45, 7) is 4.04. The average Bonchev–Trinajstić information content (AvgIpc) is 3.00. The van der Waals surface area contributed by atoms with Crippen LogP contribution in [-0.2, 0) is 4.79 Å². The second-order valence-electron chi connectivity index (χ2n) is 5.04. The zero-order chi connectivity index (χ0) is 16.9. The minimum absolute atomic E-state index is 0.184. The highest BCUT2D eigenvalue weighted by molar-refractivity contribution is 7.22. The van der Waals surface area contributed by atoms with Crippen molar-refractivity contribution in [2.75, 3.05) is 11.6 Å². The number of ether oxygens (including phenoxy) is 1. The zero-order valence-electron chi connectivity index (χ0n) is 13.5. The Hall–Kier alpha value is -2.73. The van der Waals surface area contributed by atoms with Crippen LogP contribution in [0.2, 0.25) is 0 Å². The van der Waals surface area contributed by atoms with Crippen molar-refractivity contribution in [3.63, 3.8) is 0 Å². The molecule has 0 bridgehead atoms. The Morgan fingerprint density at radius 2 is 2.00 bits per heavy atom. The van der Waals surface area contributed by atoms with Gasteiger partial charge in [0.15, 0.2) is 0 Å². The predicted molar refractivity (Wildman–Crippen MR) is 98.0 cm³/mol. The third-order valence-electron chi connectivity index (χ3n) is 3.28. The van der Waals surface area contributed by atoms with Crippen LogP contribution in [0.15, 0.2) is 53.6 Å². The molecule has 0 radical (unpaired) electrons. The number of carbonyl (C=O) groups is 1. The smallest absolute Gasteiger partial charge is 0.246 e. The maximum absolute atomic E-state index is 11.9. The van der Waals surface area contributed by atoms with E-state index in [-0.39, 0.29) is 5.91 Å². The number of rotatable bonds is 5. The van der Waals surface area contributed by atoms with E-state index in [0.29, 0.717) is 11.7 Å². The molecule has 2 aromatic carbocycles. The average molecular weight is 339 g/mol. The number of aromatic nitrogens is 1. The van der Waals surface area contributed by atoms with Gasteiger partial charge in [-0.2, -0.15) is 10.1 Å². The second-order valence-corrected chi connectivity index (χ2v) is 6.05. The summed E-state index contributed by atoms with van der Waals surface area (Å²) in [7, 11) is 0. The lowest BCUT2D eigenvalue weighted by atomic mass is 10.2. The molecule has 0 aliphatic carbocycles. The normalized spacial score (nSPS) is 11.1. The summed E-state index contributed by atoms with van der Waals surface area (Å²) in [5, 5.41) is 6.18. The standard InChI is InChI=1S/C18H17N3O2S/c1-3-23-15-10-8-14(9-11-15)12-19-21(13(2)22)18-20-16-6-4-5-7-17(16)24-18/h4-12H,3H2,1-2H3/b19-12+. The third kappa shape index (κ3) is 3.60. The van der Waals surface area contributed by atoms with Crippen molar-refractivity contribution in [2.24, 2.45) is 5.10 Å². The molecule has 1 heterocycles. The number of nitrogens with zero attached hydrogens (tertiary/aromatic N) is 3. The van der Waals surface area contributed by atoms with Gasteiger partial charge >= 0.3 is 0 Å². The van der Waals surface area contributed by atoms with E-state index < -0.39 is 0 Å². The van der Waals surface area contributed by atoms with E-state index in [2.05, 4.69) is 10.1 Å². The van der Waals surface area contributed by atoms with Crippen LogP contribution in [0.1, 0.15) is 19.4 Å². The summed E-state index contributed by atoms with van der Waals surface area (Å²) >= 11 is 1.44. The van der Waals surface area contributed by atoms with E-state index in [1.54, 1.807) is 6.21 Å². The van der Waals surface area contributed by atoms with Gasteiger partial charge in [-0.1, -0.05) is 23.5 Å². The van der Waals surface area contributed by atoms with E-state index in [1.807, 2.05) is 55.5 Å². The monoisotopic (exact) mass is 339 g/mol. The lowest BCUT2D eigenvalue weighted by Crippen LogP contribution is -2.22. The van der Waals surface area contributed by atoms with Crippen molar-refractivity contribution in [1.82, 2.24) is 4.98 Å². The Balaban J connectivity index is 1.84. The molecule has 5 nitrogen and oxygen atoms in total. The van der Waals surface area contributed by atoms with Crippen LogP contribution in [-0.4, -0.2) is 23.7 Å². The molecule has 0 aliphatic heterocycles. The van der Waals surface area contributed by atoms with Crippen LogP contribution in [0.3, 0.4) is 0 Å². The number of fused-ring (bicyclic) bond motifs is 1. The van der Waals surface area contributed by atoms with Gasteiger partial charge in [-0.3, -0.25) is 4.79 Å². The van der Waals surface area contributed by atoms with Crippen LogP contribution in [0.4, 0.5) is 5.13 Å². The highest BCUT2D eigenvalue weighted by atomic mass is 32.1. The quantitative estimate of drug-likeness (QED) is 0.520. The molecule has 24 heavy (non-hydrogen) atoms. The topological polar surface area (TPSA) is 54.8 Å². The van der Waals surface area contributed by atoms with Gasteiger partial charge in [0, 0.05) is 6.92 Å². The van der Waals surface area contributed by atoms with Crippen molar-refractivity contribution < 1.29 is 9.53 Å². The first kappa shape index (κ1) is 16.1. The molecule has 1 amide bonds. The molecule has 3 rings (SSSR count). The molecule has 0 saturated carbocycles. The number of para-hydroxylation sites is 1. The van der Waals surface area contributed by atoms with Gasteiger partial charge in [0.05, 0.1) is 23.0 Å². The van der Waals surface area contributed by atoms with Crippen LogP contribution in [0.5, 0.6) is 5.75 Å². The molecule has 0 atom stereocenters. The summed E-state index contributed by atoms with van der Waals surface area (Å²) in [5.41, 5.74) is 1.74. The summed E-state index contributed by atoms with van der Waals surface area (Å²) in [5.74, 6) is 0.625. The summed E-state index contributed by atoms with van der Waals surface area (Å²) in [6, 6.07) is 15.3. The van der Waals surface area contributed by atoms with Crippen LogP contribution in [0, 0.1) is 0 Å². The van der Waals surface area contributed by atoms with Gasteiger partial charge in [-0.15, -0.1) is 0 Å². The molecule has 0 aliphatic rings. The van der Waals surface area contributed by atoms with Gasteiger partial charge in [-0.05, 0) is 48.9 Å². The summed E-state index contributed by atoms with van der Waals surface area (Å²) in [4.78, 5) is 16.4. The van der Waals surface area contributed by atoms with Crippen molar-refractivity contribution in [3.05, 3.63) is 54.1 Å². The maximum Gasteiger partial charge on any atom is 0.246 e. The van der Waals surface area contributed by atoms with Crippen molar-refractivity contribution in [2.45, 2.75) is 13.8 Å². The third-order valence-corrected chi connectivity index (χ3v) is 4.29. The number of amides is 1. The van der Waals surface area contributed by atoms with E-state index in [4.69, 9.17) is 4.74 Å². The number of hydrazone groups is 1. The van der Waals surface area contributed by atoms with E-state index in [0.717, 1.165) is 21.5 Å². The minimum atomic E-state index is -0.184. The van der Waals surface area contributed by atoms with Crippen molar-refractivity contribution in [3.8, 4) is 5.75 Å². The first-order valence-corrected chi connectivity index (χ1v) is 8.42. The van der Waals surface area contributed by atoms with Gasteiger partial charge in [0.25, 0.3) is 0 Å². The molecule has 3 aromatic rings. The van der Waals surface area contributed by atoms with Gasteiger partial charge in [0.1, 0.15) is 5.75 Å². The lowest BCUT2D eigenvalue weighted by Gasteiger charge is -2.10. The van der Waals surface area contributed by atoms with E-state index >= 15 is 0 Å². The SMILES string of the molecule is CCOc1ccc(/C=N/N(C(C)=O)c2nc3ccccc3s2)cc1. The molecular formula is C18H17N3O2S. The van der Waals surface area contributed by atoms with Crippen molar-refractivity contribution in [1.29, 1.82) is 0 Å². The second kappa shape index (κ2) is 7.23. The first-order valence-electron chi connectivity index (χ1n) is 7.60. The Morgan fingerprint density at radius 3 is 2.67 bits per heavy atom. The Morgan fingerprint density at radius 1 is 1.25 bits per heavy atom. The predicted octanol–water partition coefficient (Wildman–Crippen LogP) is 4.08. The fourth-order valence-electron chi connectivity index (χ4n) is 2.16. The van der Waals surface area contributed by atoms with Crippen LogP contribution < -0.4 is 9.75 Å². The van der Waals surface area contributed by atoms with Gasteiger partial charge < -0.3 is 4.74 Å². The number of hydrogen-bond donors (Lipinski definition) is 0. The highest BCUT2D eigenvalue weighted by Gasteiger charge is 2.15. The van der Waals surface area contributed by atoms with Crippen molar-refractivity contribution >= 4 is 38.8 Å². The van der Waals surface area contributed by atoms with Gasteiger partial charge in [-0.25, -0.2) is 4.98 Å². The number of anilines is 1. The fourth-order valence-corrected chi connectivity index (χ4v) is 3.12. The minimum Gasteiger partial charge on any atom is -0.494 e. The van der Waals surface area contributed by atoms with E-state index in [9.17, 15) is 4.79 Å². The Kier molecular flexibility index (Phi) is 4.86. The molecule has 0 N–H and O–H groups in total. The summed E-state index contributed by atoms with van der Waals surface area (Å²) in [6.07, 6.45) is 1.64. The van der Waals surface area contributed by atoms with Crippen LogP contribution in [0.25, 0.3) is 10.2 Å². The molecule has 0 unspecified atom stereocenters.